The number of aromatic nitrogens is 2. The summed E-state index contributed by atoms with van der Waals surface area (Å²) < 4.78 is 25.8. The van der Waals surface area contributed by atoms with Crippen LogP contribution in [0.25, 0.3) is 0 Å². The topological polar surface area (TPSA) is 65.4 Å². The molecule has 0 aliphatic heterocycles. The molecule has 2 aromatic carbocycles. The first kappa shape index (κ1) is 22.8. The summed E-state index contributed by atoms with van der Waals surface area (Å²) in [5, 5.41) is 7.64. The number of ether oxygens (including phenoxy) is 2. The molecule has 1 aromatic heterocycles. The molecular weight excluding hydrogens is 421 g/mol. The van der Waals surface area contributed by atoms with E-state index in [1.807, 2.05) is 19.1 Å². The Labute approximate surface area is 193 Å². The van der Waals surface area contributed by atoms with Crippen LogP contribution in [0.2, 0.25) is 0 Å². The molecule has 1 aliphatic carbocycles. The summed E-state index contributed by atoms with van der Waals surface area (Å²) in [5.74, 6) is 0.939. The van der Waals surface area contributed by atoms with E-state index in [-0.39, 0.29) is 17.1 Å². The number of hydrogen-bond donors (Lipinski definition) is 1. The average Bonchev–Trinajstić information content (AvgIpc) is 3.46. The Balaban J connectivity index is 1.53. The summed E-state index contributed by atoms with van der Waals surface area (Å²) in [4.78, 5) is 13.2. The van der Waals surface area contributed by atoms with Crippen molar-refractivity contribution in [1.82, 2.24) is 15.1 Å². The van der Waals surface area contributed by atoms with Crippen LogP contribution in [-0.4, -0.2) is 36.5 Å². The third-order valence-electron chi connectivity index (χ3n) is 6.52. The lowest BCUT2D eigenvalue weighted by Gasteiger charge is -2.30. The maximum Gasteiger partial charge on any atom is 0.269 e. The number of carbonyl (C=O) groups is 1. The van der Waals surface area contributed by atoms with Crippen molar-refractivity contribution >= 4 is 5.91 Å². The Kier molecular flexibility index (Phi) is 6.67. The molecule has 4 rings (SSSR count). The van der Waals surface area contributed by atoms with E-state index in [0.29, 0.717) is 30.3 Å². The highest BCUT2D eigenvalue weighted by Gasteiger charge is 2.37. The maximum absolute atomic E-state index is 13.3. The number of nitrogens with zero attached hydrogens (tertiary/aromatic N) is 2. The molecule has 1 heterocycles. The molecule has 1 N–H and O–H groups in total. The summed E-state index contributed by atoms with van der Waals surface area (Å²) in [7, 11) is 3.26. The number of benzene rings is 2. The van der Waals surface area contributed by atoms with Crippen molar-refractivity contribution in [1.29, 1.82) is 0 Å². The molecule has 0 unspecified atom stereocenters. The number of methoxy groups -OCH3 is 2. The average molecular weight is 452 g/mol. The van der Waals surface area contributed by atoms with Gasteiger partial charge in [-0.1, -0.05) is 31.0 Å². The summed E-state index contributed by atoms with van der Waals surface area (Å²) in [6, 6.07) is 14.1. The van der Waals surface area contributed by atoms with E-state index in [1.54, 1.807) is 37.1 Å². The summed E-state index contributed by atoms with van der Waals surface area (Å²) in [6.07, 6.45) is 4.23. The molecule has 0 saturated heterocycles. The van der Waals surface area contributed by atoms with E-state index < -0.39 is 0 Å². The van der Waals surface area contributed by atoms with Crippen LogP contribution in [0.4, 0.5) is 4.39 Å². The molecular formula is C26H30FN3O3. The van der Waals surface area contributed by atoms with Gasteiger partial charge in [0.25, 0.3) is 5.91 Å². The predicted molar refractivity (Wildman–Crippen MR) is 124 cm³/mol. The fourth-order valence-corrected chi connectivity index (χ4v) is 4.74. The van der Waals surface area contributed by atoms with Crippen LogP contribution in [0, 0.1) is 12.7 Å². The van der Waals surface area contributed by atoms with Gasteiger partial charge < -0.3 is 14.8 Å². The van der Waals surface area contributed by atoms with E-state index in [1.165, 1.54) is 12.1 Å². The van der Waals surface area contributed by atoms with E-state index >= 15 is 0 Å². The van der Waals surface area contributed by atoms with Gasteiger partial charge in [0.15, 0.2) is 11.5 Å². The predicted octanol–water partition coefficient (Wildman–Crippen LogP) is 4.64. The fraction of sp³-hybridized carbons (Fsp3) is 0.385. The molecule has 1 saturated carbocycles. The molecule has 6 nitrogen and oxygen atoms in total. The molecule has 1 aliphatic rings. The summed E-state index contributed by atoms with van der Waals surface area (Å²) in [5.41, 5.74) is 3.14. The molecule has 7 heteroatoms. The zero-order valence-corrected chi connectivity index (χ0v) is 19.4. The van der Waals surface area contributed by atoms with Crippen LogP contribution in [0.15, 0.2) is 48.5 Å². The zero-order chi connectivity index (χ0) is 23.4. The first-order valence-corrected chi connectivity index (χ1v) is 11.2. The van der Waals surface area contributed by atoms with E-state index in [2.05, 4.69) is 16.5 Å². The number of amides is 1. The van der Waals surface area contributed by atoms with Gasteiger partial charge in [0, 0.05) is 12.0 Å². The van der Waals surface area contributed by atoms with Gasteiger partial charge in [0.05, 0.1) is 26.5 Å². The Bertz CT molecular complexity index is 1120. The van der Waals surface area contributed by atoms with Gasteiger partial charge in [0.1, 0.15) is 11.5 Å². The van der Waals surface area contributed by atoms with Gasteiger partial charge in [-0.2, -0.15) is 5.10 Å². The number of nitrogens with one attached hydrogen (secondary N) is 1. The lowest BCUT2D eigenvalue weighted by molar-refractivity contribution is 0.0932. The highest BCUT2D eigenvalue weighted by atomic mass is 19.1. The first-order valence-electron chi connectivity index (χ1n) is 11.2. The van der Waals surface area contributed by atoms with Crippen LogP contribution in [0.1, 0.15) is 53.0 Å². The van der Waals surface area contributed by atoms with Crippen molar-refractivity contribution < 1.29 is 18.7 Å². The minimum atomic E-state index is -0.287. The van der Waals surface area contributed by atoms with Crippen molar-refractivity contribution in [3.05, 3.63) is 76.9 Å². The molecule has 1 fully saturated rings. The van der Waals surface area contributed by atoms with Crippen molar-refractivity contribution in [3.8, 4) is 11.5 Å². The lowest BCUT2D eigenvalue weighted by atomic mass is 9.78. The third kappa shape index (κ3) is 4.87. The summed E-state index contributed by atoms with van der Waals surface area (Å²) >= 11 is 0. The largest absolute Gasteiger partial charge is 0.493 e. The molecule has 33 heavy (non-hydrogen) atoms. The van der Waals surface area contributed by atoms with E-state index in [4.69, 9.17) is 9.47 Å². The second-order valence-corrected chi connectivity index (χ2v) is 8.69. The smallest absolute Gasteiger partial charge is 0.269 e. The van der Waals surface area contributed by atoms with Crippen molar-refractivity contribution in [3.63, 3.8) is 0 Å². The molecule has 3 aromatic rings. The maximum atomic E-state index is 13.3. The zero-order valence-electron chi connectivity index (χ0n) is 19.4. The van der Waals surface area contributed by atoms with Crippen LogP contribution in [-0.2, 0) is 12.0 Å². The Morgan fingerprint density at radius 1 is 1.06 bits per heavy atom. The normalized spacial score (nSPS) is 14.8. The van der Waals surface area contributed by atoms with Gasteiger partial charge in [-0.25, -0.2) is 4.39 Å². The Hall–Kier alpha value is -3.35. The SMILES string of the molecule is COc1ccc(C2(CNC(=O)c3cc(C)nn3Cc3ccc(F)cc3)CCCC2)cc1OC. The lowest BCUT2D eigenvalue weighted by Crippen LogP contribution is -2.39. The minimum Gasteiger partial charge on any atom is -0.493 e. The summed E-state index contributed by atoms with van der Waals surface area (Å²) in [6.45, 7) is 2.79. The van der Waals surface area contributed by atoms with Gasteiger partial charge in [-0.15, -0.1) is 0 Å². The van der Waals surface area contributed by atoms with Gasteiger partial charge in [-0.05, 0) is 61.2 Å². The van der Waals surface area contributed by atoms with Crippen molar-refractivity contribution in [2.24, 2.45) is 0 Å². The Morgan fingerprint density at radius 3 is 2.42 bits per heavy atom. The Morgan fingerprint density at radius 2 is 1.76 bits per heavy atom. The first-order chi connectivity index (χ1) is 15.9. The standard InChI is InChI=1S/C26H30FN3O3/c1-18-14-22(30(29-18)16-19-6-9-21(27)10-7-19)25(31)28-17-26(12-4-5-13-26)20-8-11-23(32-2)24(15-20)33-3/h6-11,14-15H,4-5,12-13,16-17H2,1-3H3,(H,28,31). The van der Waals surface area contributed by atoms with Gasteiger partial charge in [0.2, 0.25) is 0 Å². The molecule has 0 spiro atoms. The molecule has 0 atom stereocenters. The van der Waals surface area contributed by atoms with Crippen molar-refractivity contribution in [2.45, 2.75) is 44.6 Å². The number of hydrogen-bond acceptors (Lipinski definition) is 4. The van der Waals surface area contributed by atoms with Crippen LogP contribution in [0.5, 0.6) is 11.5 Å². The van der Waals surface area contributed by atoms with E-state index in [9.17, 15) is 9.18 Å². The van der Waals surface area contributed by atoms with Crippen LogP contribution < -0.4 is 14.8 Å². The van der Waals surface area contributed by atoms with Crippen molar-refractivity contribution in [2.75, 3.05) is 20.8 Å². The minimum absolute atomic E-state index is 0.147. The second kappa shape index (κ2) is 9.65. The molecule has 0 radical (unpaired) electrons. The molecule has 0 bridgehead atoms. The quantitative estimate of drug-likeness (QED) is 0.542. The highest BCUT2D eigenvalue weighted by Crippen LogP contribution is 2.43. The number of halogens is 1. The highest BCUT2D eigenvalue weighted by molar-refractivity contribution is 5.92. The number of rotatable bonds is 8. The van der Waals surface area contributed by atoms with Crippen LogP contribution >= 0.6 is 0 Å². The van der Waals surface area contributed by atoms with Crippen LogP contribution in [0.3, 0.4) is 0 Å². The van der Waals surface area contributed by atoms with Gasteiger partial charge >= 0.3 is 0 Å². The second-order valence-electron chi connectivity index (χ2n) is 8.69. The monoisotopic (exact) mass is 451 g/mol. The van der Waals surface area contributed by atoms with Gasteiger partial charge in [-0.3, -0.25) is 9.48 Å². The molecule has 1 amide bonds. The molecule has 174 valence electrons. The van der Waals surface area contributed by atoms with E-state index in [0.717, 1.165) is 42.5 Å². The number of carbonyl (C=O) groups excluding carboxylic acids is 1. The fourth-order valence-electron chi connectivity index (χ4n) is 4.74. The third-order valence-corrected chi connectivity index (χ3v) is 6.52. The number of aryl methyl sites for hydroxylation is 1.